The quantitative estimate of drug-likeness (QED) is 0.209. The zero-order chi connectivity index (χ0) is 18.3. The maximum absolute atomic E-state index is 6.78. The number of hydrogen-bond acceptors (Lipinski definition) is 1. The van der Waals surface area contributed by atoms with E-state index in [9.17, 15) is 0 Å². The topological polar surface area (TPSA) is 26.0 Å². The summed E-state index contributed by atoms with van der Waals surface area (Å²) in [5.41, 5.74) is 2.30. The van der Waals surface area contributed by atoms with Crippen LogP contribution in [0.4, 0.5) is 0 Å². The molecule has 0 unspecified atom stereocenters. The van der Waals surface area contributed by atoms with E-state index in [4.69, 9.17) is 1.41 Å². The Balaban J connectivity index is 2.97. The van der Waals surface area contributed by atoms with Crippen LogP contribution in [-0.4, -0.2) is 0 Å². The molecule has 0 rings (SSSR count). The number of hydrogen-bond donors (Lipinski definition) is 1. The van der Waals surface area contributed by atoms with Crippen molar-refractivity contribution in [1.82, 2.24) is 0 Å². The number of unbranched alkanes of at least 4 members (excludes halogenated alkanes) is 19. The van der Waals surface area contributed by atoms with Crippen molar-refractivity contribution in [2.75, 3.05) is 0 Å². The molecular formula is C23H47N. The summed E-state index contributed by atoms with van der Waals surface area (Å²) in [5, 5.41) is 0. The summed E-state index contributed by atoms with van der Waals surface area (Å²) in [4.78, 5) is 0. The van der Waals surface area contributed by atoms with Crippen LogP contribution < -0.4 is 5.73 Å². The zero-order valence-electron chi connectivity index (χ0n) is 17.8. The van der Waals surface area contributed by atoms with Gasteiger partial charge in [0.25, 0.3) is 0 Å². The lowest BCUT2D eigenvalue weighted by molar-refractivity contribution is 0.523. The molecule has 0 aromatic heterocycles. The molecule has 0 bridgehead atoms. The van der Waals surface area contributed by atoms with Gasteiger partial charge < -0.3 is 5.73 Å². The van der Waals surface area contributed by atoms with Crippen molar-refractivity contribution in [1.29, 1.82) is 0 Å². The van der Waals surface area contributed by atoms with E-state index in [1.807, 2.05) is 0 Å². The van der Waals surface area contributed by atoms with Crippen LogP contribution in [0.2, 0.25) is 1.41 Å². The molecule has 0 aliphatic carbocycles. The van der Waals surface area contributed by atoms with E-state index in [-0.39, 0.29) is 0 Å². The third-order valence-electron chi connectivity index (χ3n) is 5.09. The van der Waals surface area contributed by atoms with Crippen molar-refractivity contribution in [3.8, 4) is 0 Å². The van der Waals surface area contributed by atoms with Crippen LogP contribution in [0.5, 0.6) is 0 Å². The van der Waals surface area contributed by atoms with E-state index in [0.29, 0.717) is 0 Å². The zero-order valence-corrected chi connectivity index (χ0v) is 16.8. The summed E-state index contributed by atoms with van der Waals surface area (Å²) >= 11 is 0. The molecule has 0 aromatic carbocycles. The highest BCUT2D eigenvalue weighted by atomic mass is 14.5. The van der Waals surface area contributed by atoms with Crippen molar-refractivity contribution >= 4 is 0 Å². The minimum absolute atomic E-state index is 1.12. The summed E-state index contributed by atoms with van der Waals surface area (Å²) < 4.78 is 6.78. The lowest BCUT2D eigenvalue weighted by atomic mass is 10.0. The van der Waals surface area contributed by atoms with Crippen molar-refractivity contribution in [3.05, 3.63) is 12.3 Å². The molecule has 0 saturated carbocycles. The molecule has 0 fully saturated rings. The first-order chi connectivity index (χ1) is 12.4. The van der Waals surface area contributed by atoms with E-state index in [1.165, 1.54) is 122 Å². The lowest BCUT2D eigenvalue weighted by Crippen LogP contribution is -1.84. The van der Waals surface area contributed by atoms with E-state index in [2.05, 4.69) is 18.7 Å². The molecule has 0 aliphatic heterocycles. The Hall–Kier alpha value is -0.460. The number of rotatable bonds is 21. The smallest absolute Gasteiger partial charge is 0.156 e. The monoisotopic (exact) mass is 338 g/mol. The summed E-state index contributed by atoms with van der Waals surface area (Å²) in [7, 11) is 0. The lowest BCUT2D eigenvalue weighted by Gasteiger charge is -2.03. The Morgan fingerprint density at radius 2 is 0.875 bits per heavy atom. The third-order valence-corrected chi connectivity index (χ3v) is 5.09. The van der Waals surface area contributed by atoms with E-state index in [0.717, 1.165) is 6.42 Å². The molecule has 144 valence electrons. The van der Waals surface area contributed by atoms with Crippen LogP contribution in [0.15, 0.2) is 12.3 Å². The van der Waals surface area contributed by atoms with Crippen LogP contribution in [0.3, 0.4) is 0 Å². The molecule has 0 atom stereocenters. The molecule has 0 aromatic rings. The maximum atomic E-state index is 6.78. The first kappa shape index (κ1) is 21.6. The maximum Gasteiger partial charge on any atom is 0.156 e. The van der Waals surface area contributed by atoms with Crippen LogP contribution in [0, 0.1) is 0 Å². The van der Waals surface area contributed by atoms with Crippen LogP contribution in [0.25, 0.3) is 0 Å². The van der Waals surface area contributed by atoms with Gasteiger partial charge in [0, 0.05) is 0 Å². The minimum atomic E-state index is 1.12. The summed E-state index contributed by atoms with van der Waals surface area (Å²) in [6.07, 6.45) is 32.1. The average molecular weight is 339 g/mol. The molecule has 0 heterocycles. The molecule has 0 saturated heterocycles. The Morgan fingerprint density at radius 1 is 0.542 bits per heavy atom. The Labute approximate surface area is 155 Å². The fraction of sp³-hybridized carbons (Fsp3) is 0.913. The fourth-order valence-electron chi connectivity index (χ4n) is 3.42. The second-order valence-electron chi connectivity index (χ2n) is 7.56. The highest BCUT2D eigenvalue weighted by Gasteiger charge is 1.95. The molecular weight excluding hydrogens is 290 g/mol. The molecule has 0 amide bonds. The minimum Gasteiger partial charge on any atom is -0.405 e. The molecule has 0 aliphatic rings. The second-order valence-corrected chi connectivity index (χ2v) is 7.56. The van der Waals surface area contributed by atoms with Gasteiger partial charge in [0.2, 0.25) is 0 Å². The van der Waals surface area contributed by atoms with E-state index >= 15 is 0 Å². The molecule has 1 nitrogen and oxygen atoms in total. The average Bonchev–Trinajstić information content (AvgIpc) is 2.63. The van der Waals surface area contributed by atoms with Gasteiger partial charge in [-0.25, -0.2) is 0 Å². The van der Waals surface area contributed by atoms with E-state index < -0.39 is 0 Å². The van der Waals surface area contributed by atoms with Gasteiger partial charge in [-0.3, -0.25) is 0 Å². The van der Waals surface area contributed by atoms with Gasteiger partial charge in [0.1, 0.15) is 0 Å². The van der Waals surface area contributed by atoms with Gasteiger partial charge in [-0.2, -0.15) is 0 Å². The van der Waals surface area contributed by atoms with Crippen LogP contribution in [-0.2, 0) is 0 Å². The molecule has 0 spiro atoms. The van der Waals surface area contributed by atoms with Gasteiger partial charge in [0.15, 0.2) is 1.41 Å². The second kappa shape index (κ2) is 22.5. The van der Waals surface area contributed by atoms with E-state index in [1.54, 1.807) is 6.20 Å². The van der Waals surface area contributed by atoms with Crippen LogP contribution >= 0.6 is 0 Å². The van der Waals surface area contributed by atoms with Gasteiger partial charge in [-0.05, 0) is 19.0 Å². The highest BCUT2D eigenvalue weighted by molar-refractivity contribution is 4.74. The molecule has 24 heavy (non-hydrogen) atoms. The number of allylic oxidation sites excluding steroid dienone is 1. The van der Waals surface area contributed by atoms with Gasteiger partial charge in [-0.1, -0.05) is 129 Å². The fourth-order valence-corrected chi connectivity index (χ4v) is 3.42. The van der Waals surface area contributed by atoms with Crippen molar-refractivity contribution in [2.45, 2.75) is 135 Å². The largest absolute Gasteiger partial charge is 0.405 e. The Kier molecular flexibility index (Phi) is 20.3. The van der Waals surface area contributed by atoms with Gasteiger partial charge >= 0.3 is 0 Å². The first-order valence-corrected chi connectivity index (χ1v) is 11.2. The van der Waals surface area contributed by atoms with Crippen LogP contribution in [0.1, 0.15) is 135 Å². The third kappa shape index (κ3) is 21.5. The van der Waals surface area contributed by atoms with Crippen molar-refractivity contribution in [2.24, 2.45) is 5.73 Å². The molecule has 1 heteroatoms. The Morgan fingerprint density at radius 3 is 1.21 bits per heavy atom. The predicted octanol–water partition coefficient (Wildman–Crippen LogP) is 8.28. The number of nitrogens with two attached hydrogens (primary N) is 1. The van der Waals surface area contributed by atoms with Gasteiger partial charge in [-0.15, -0.1) is 0 Å². The first-order valence-electron chi connectivity index (χ1n) is 11.7. The standard InChI is InChI=1S/C23H47N/c1-2-3-4-5-6-7-8-9-10-11-12-13-14-15-16-17-18-19-20-21-22-23-24/h22-23H,2-21,24H2,1H3/i/hD. The molecule has 0 radical (unpaired) electrons. The highest BCUT2D eigenvalue weighted by Crippen LogP contribution is 2.14. The Bertz CT molecular complexity index is 252. The summed E-state index contributed by atoms with van der Waals surface area (Å²) in [6, 6.07) is 0. The predicted molar refractivity (Wildman–Crippen MR) is 111 cm³/mol. The summed E-state index contributed by atoms with van der Waals surface area (Å²) in [6.45, 7) is 2.29. The molecule has 2 N–H and O–H groups in total. The SMILES string of the molecule is [2H]NC=CCCCCCCCCCCCCCCCCCCCCC. The van der Waals surface area contributed by atoms with Crippen molar-refractivity contribution in [3.63, 3.8) is 0 Å². The normalized spacial score (nSPS) is 12.0. The van der Waals surface area contributed by atoms with Gasteiger partial charge in [0.05, 0.1) is 0 Å². The summed E-state index contributed by atoms with van der Waals surface area (Å²) in [5.74, 6) is 0. The van der Waals surface area contributed by atoms with Crippen molar-refractivity contribution < 1.29 is 1.41 Å².